The van der Waals surface area contributed by atoms with Crippen LogP contribution in [0.4, 0.5) is 8.78 Å². The minimum atomic E-state index is -0.954. The van der Waals surface area contributed by atoms with Crippen molar-refractivity contribution in [3.8, 4) is 0 Å². The molecule has 1 N–H and O–H groups in total. The van der Waals surface area contributed by atoms with Gasteiger partial charge in [-0.25, -0.2) is 8.78 Å². The third kappa shape index (κ3) is 2.06. The zero-order chi connectivity index (χ0) is 10.0. The first-order valence-corrected chi connectivity index (χ1v) is 4.68. The van der Waals surface area contributed by atoms with E-state index in [2.05, 4.69) is 15.9 Å². The van der Waals surface area contributed by atoms with Gasteiger partial charge in [0.15, 0.2) is 11.6 Å². The molecule has 13 heavy (non-hydrogen) atoms. The van der Waals surface area contributed by atoms with Crippen LogP contribution in [-0.2, 0) is 0 Å². The summed E-state index contributed by atoms with van der Waals surface area (Å²) in [6.45, 7) is 1.76. The smallest absolute Gasteiger partial charge is 0.173 e. The van der Waals surface area contributed by atoms with Crippen molar-refractivity contribution in [3.05, 3.63) is 33.8 Å². The lowest BCUT2D eigenvalue weighted by Gasteiger charge is -2.10. The van der Waals surface area contributed by atoms with Gasteiger partial charge in [-0.15, -0.1) is 0 Å². The quantitative estimate of drug-likeness (QED) is 0.800. The van der Waals surface area contributed by atoms with Crippen LogP contribution in [0.1, 0.15) is 25.0 Å². The number of hydrogen-bond acceptors (Lipinski definition) is 1. The van der Waals surface area contributed by atoms with Crippen LogP contribution in [0.5, 0.6) is 0 Å². The molecule has 4 heteroatoms. The molecule has 0 spiro atoms. The molecule has 0 aliphatic heterocycles. The van der Waals surface area contributed by atoms with Gasteiger partial charge in [-0.1, -0.05) is 13.0 Å². The molecule has 1 aromatic rings. The van der Waals surface area contributed by atoms with E-state index in [0.717, 1.165) is 6.07 Å². The van der Waals surface area contributed by atoms with Crippen molar-refractivity contribution in [2.75, 3.05) is 0 Å². The first-order chi connectivity index (χ1) is 6.07. The molecule has 1 atom stereocenters. The molecule has 0 radical (unpaired) electrons. The van der Waals surface area contributed by atoms with Crippen molar-refractivity contribution in [3.63, 3.8) is 0 Å². The third-order valence-corrected chi connectivity index (χ3v) is 2.62. The standard InChI is InChI=1S/C9H9BrF2O/c1-2-7(13)5-3-4-6(11)9(12)8(5)10/h3-4,7,13H,2H2,1H3/t7-/m1/s1. The molecule has 0 bridgehead atoms. The molecule has 1 rings (SSSR count). The van der Waals surface area contributed by atoms with Crippen molar-refractivity contribution in [1.82, 2.24) is 0 Å². The summed E-state index contributed by atoms with van der Waals surface area (Å²) in [6.07, 6.45) is -0.298. The van der Waals surface area contributed by atoms with Gasteiger partial charge in [-0.2, -0.15) is 0 Å². The van der Waals surface area contributed by atoms with Gasteiger partial charge in [0.2, 0.25) is 0 Å². The number of hydrogen-bond donors (Lipinski definition) is 1. The zero-order valence-corrected chi connectivity index (χ0v) is 8.61. The van der Waals surface area contributed by atoms with Crippen LogP contribution in [0.2, 0.25) is 0 Å². The molecule has 1 aromatic carbocycles. The minimum absolute atomic E-state index is 0.00171. The lowest BCUT2D eigenvalue weighted by molar-refractivity contribution is 0.172. The van der Waals surface area contributed by atoms with Gasteiger partial charge >= 0.3 is 0 Å². The number of aliphatic hydroxyl groups excluding tert-OH is 1. The Morgan fingerprint density at radius 3 is 2.62 bits per heavy atom. The molecule has 0 saturated carbocycles. The van der Waals surface area contributed by atoms with Crippen LogP contribution in [0, 0.1) is 11.6 Å². The second kappa shape index (κ2) is 4.15. The van der Waals surface area contributed by atoms with Gasteiger partial charge in [0.25, 0.3) is 0 Å². The fourth-order valence-electron chi connectivity index (χ4n) is 1.02. The highest BCUT2D eigenvalue weighted by Gasteiger charge is 2.15. The van der Waals surface area contributed by atoms with E-state index in [1.54, 1.807) is 6.92 Å². The van der Waals surface area contributed by atoms with E-state index >= 15 is 0 Å². The summed E-state index contributed by atoms with van der Waals surface area (Å²) in [4.78, 5) is 0. The Kier molecular flexibility index (Phi) is 3.39. The summed E-state index contributed by atoms with van der Waals surface area (Å²) in [7, 11) is 0. The van der Waals surface area contributed by atoms with Crippen LogP contribution in [0.15, 0.2) is 16.6 Å². The van der Waals surface area contributed by atoms with Crippen molar-refractivity contribution in [1.29, 1.82) is 0 Å². The highest BCUT2D eigenvalue weighted by Crippen LogP contribution is 2.29. The van der Waals surface area contributed by atoms with Crippen LogP contribution in [-0.4, -0.2) is 5.11 Å². The van der Waals surface area contributed by atoms with Crippen LogP contribution < -0.4 is 0 Å². The second-order valence-corrected chi connectivity index (χ2v) is 3.48. The highest BCUT2D eigenvalue weighted by atomic mass is 79.9. The maximum Gasteiger partial charge on any atom is 0.173 e. The third-order valence-electron chi connectivity index (χ3n) is 1.81. The SMILES string of the molecule is CC[C@@H](O)c1ccc(F)c(F)c1Br. The van der Waals surface area contributed by atoms with E-state index in [1.807, 2.05) is 0 Å². The normalized spacial score (nSPS) is 13.0. The molecule has 0 amide bonds. The summed E-state index contributed by atoms with van der Waals surface area (Å²) in [6, 6.07) is 2.38. The van der Waals surface area contributed by atoms with Crippen LogP contribution in [0.25, 0.3) is 0 Å². The number of aliphatic hydroxyl groups is 1. The predicted molar refractivity (Wildman–Crippen MR) is 49.3 cm³/mol. The Bertz CT molecular complexity index is 315. The number of halogens is 3. The van der Waals surface area contributed by atoms with Gasteiger partial charge in [0.1, 0.15) is 0 Å². The second-order valence-electron chi connectivity index (χ2n) is 2.69. The van der Waals surface area contributed by atoms with Crippen LogP contribution in [0.3, 0.4) is 0 Å². The van der Waals surface area contributed by atoms with E-state index in [-0.39, 0.29) is 4.47 Å². The molecule has 0 saturated heterocycles. The van der Waals surface area contributed by atoms with E-state index in [1.165, 1.54) is 6.07 Å². The summed E-state index contributed by atoms with van der Waals surface area (Å²) in [5.41, 5.74) is 0.376. The van der Waals surface area contributed by atoms with Gasteiger partial charge in [-0.05, 0) is 34.0 Å². The van der Waals surface area contributed by atoms with E-state index < -0.39 is 17.7 Å². The molecule has 72 valence electrons. The van der Waals surface area contributed by atoms with Gasteiger partial charge in [0, 0.05) is 0 Å². The topological polar surface area (TPSA) is 20.2 Å². The molecule has 0 aromatic heterocycles. The van der Waals surface area contributed by atoms with E-state index in [9.17, 15) is 13.9 Å². The molecule has 0 fully saturated rings. The maximum absolute atomic E-state index is 13.0. The highest BCUT2D eigenvalue weighted by molar-refractivity contribution is 9.10. The number of rotatable bonds is 2. The lowest BCUT2D eigenvalue weighted by atomic mass is 10.1. The first kappa shape index (κ1) is 10.6. The Morgan fingerprint density at radius 1 is 1.46 bits per heavy atom. The summed E-state index contributed by atoms with van der Waals surface area (Å²) in [5.74, 6) is -1.87. The molecule has 0 unspecified atom stereocenters. The molecular weight excluding hydrogens is 242 g/mol. The fraction of sp³-hybridized carbons (Fsp3) is 0.333. The summed E-state index contributed by atoms with van der Waals surface area (Å²) >= 11 is 2.90. The van der Waals surface area contributed by atoms with Crippen molar-refractivity contribution >= 4 is 15.9 Å². The first-order valence-electron chi connectivity index (χ1n) is 3.89. The van der Waals surface area contributed by atoms with Crippen molar-refractivity contribution in [2.45, 2.75) is 19.4 Å². The Morgan fingerprint density at radius 2 is 2.08 bits per heavy atom. The predicted octanol–water partition coefficient (Wildman–Crippen LogP) is 3.17. The monoisotopic (exact) mass is 250 g/mol. The Labute approximate surface area is 83.5 Å². The average molecular weight is 251 g/mol. The molecule has 0 heterocycles. The fourth-order valence-corrected chi connectivity index (χ4v) is 1.60. The van der Waals surface area contributed by atoms with Gasteiger partial charge in [-0.3, -0.25) is 0 Å². The van der Waals surface area contributed by atoms with Crippen molar-refractivity contribution < 1.29 is 13.9 Å². The maximum atomic E-state index is 13.0. The average Bonchev–Trinajstić information content (AvgIpc) is 2.13. The van der Waals surface area contributed by atoms with Gasteiger partial charge in [0.05, 0.1) is 10.6 Å². The zero-order valence-electron chi connectivity index (χ0n) is 7.02. The summed E-state index contributed by atoms with van der Waals surface area (Å²) < 4.78 is 25.6. The Hall–Kier alpha value is -0.480. The van der Waals surface area contributed by atoms with E-state index in [0.29, 0.717) is 12.0 Å². The van der Waals surface area contributed by atoms with Crippen LogP contribution >= 0.6 is 15.9 Å². The van der Waals surface area contributed by atoms with Gasteiger partial charge < -0.3 is 5.11 Å². The minimum Gasteiger partial charge on any atom is -0.388 e. The largest absolute Gasteiger partial charge is 0.388 e. The number of benzene rings is 1. The lowest BCUT2D eigenvalue weighted by Crippen LogP contribution is -1.99. The van der Waals surface area contributed by atoms with Crippen molar-refractivity contribution in [2.24, 2.45) is 0 Å². The van der Waals surface area contributed by atoms with E-state index in [4.69, 9.17) is 0 Å². The molecule has 0 aliphatic carbocycles. The Balaban J connectivity index is 3.18. The molecule has 1 nitrogen and oxygen atoms in total. The molecule has 0 aliphatic rings. The molecular formula is C9H9BrF2O. The summed E-state index contributed by atoms with van der Waals surface area (Å²) in [5, 5.41) is 9.41.